The first-order valence-corrected chi connectivity index (χ1v) is 6.05. The standard InChI is InChI=1S/C12H19N5O2/c1-13-10-7-17-5-4-14-12(17)11(16-10)15-6-9(19-3)8-18-2/h4-5,7,9,13H,6,8H2,1-3H3,(H,15,16). The first kappa shape index (κ1) is 13.6. The van der Waals surface area contributed by atoms with Gasteiger partial charge in [-0.3, -0.25) is 0 Å². The third-order valence-corrected chi connectivity index (χ3v) is 2.81. The molecule has 0 fully saturated rings. The van der Waals surface area contributed by atoms with Gasteiger partial charge in [-0.05, 0) is 0 Å². The van der Waals surface area contributed by atoms with Crippen molar-refractivity contribution in [3.8, 4) is 0 Å². The predicted molar refractivity (Wildman–Crippen MR) is 73.7 cm³/mol. The summed E-state index contributed by atoms with van der Waals surface area (Å²) in [5.74, 6) is 1.49. The minimum atomic E-state index is -0.0277. The number of anilines is 2. The molecule has 19 heavy (non-hydrogen) atoms. The molecule has 0 spiro atoms. The van der Waals surface area contributed by atoms with E-state index >= 15 is 0 Å². The van der Waals surface area contributed by atoms with Gasteiger partial charge in [0, 0.05) is 40.2 Å². The van der Waals surface area contributed by atoms with Crippen molar-refractivity contribution < 1.29 is 9.47 Å². The van der Waals surface area contributed by atoms with Crippen LogP contribution in [-0.2, 0) is 9.47 Å². The zero-order valence-corrected chi connectivity index (χ0v) is 11.4. The molecule has 2 aromatic heterocycles. The molecule has 1 atom stereocenters. The van der Waals surface area contributed by atoms with Gasteiger partial charge >= 0.3 is 0 Å². The van der Waals surface area contributed by atoms with Crippen molar-refractivity contribution in [2.75, 3.05) is 45.1 Å². The number of fused-ring (bicyclic) bond motifs is 1. The lowest BCUT2D eigenvalue weighted by atomic mass is 10.3. The van der Waals surface area contributed by atoms with Gasteiger partial charge in [-0.2, -0.15) is 0 Å². The lowest BCUT2D eigenvalue weighted by Gasteiger charge is -2.16. The fourth-order valence-electron chi connectivity index (χ4n) is 1.78. The van der Waals surface area contributed by atoms with Crippen molar-refractivity contribution in [2.24, 2.45) is 0 Å². The van der Waals surface area contributed by atoms with Gasteiger partial charge in [0.15, 0.2) is 11.5 Å². The molecule has 7 nitrogen and oxygen atoms in total. The maximum Gasteiger partial charge on any atom is 0.180 e. The largest absolute Gasteiger partial charge is 0.382 e. The van der Waals surface area contributed by atoms with Crippen LogP contribution in [0.15, 0.2) is 18.6 Å². The van der Waals surface area contributed by atoms with Crippen LogP contribution in [0, 0.1) is 0 Å². The lowest BCUT2D eigenvalue weighted by Crippen LogP contribution is -2.27. The number of imidazole rings is 1. The third kappa shape index (κ3) is 3.12. The molecule has 1 unspecified atom stereocenters. The van der Waals surface area contributed by atoms with Crippen LogP contribution in [0.4, 0.5) is 11.6 Å². The number of aromatic nitrogens is 3. The van der Waals surface area contributed by atoms with Gasteiger partial charge in [-0.25, -0.2) is 9.97 Å². The normalized spacial score (nSPS) is 12.6. The summed E-state index contributed by atoms with van der Waals surface area (Å²) < 4.78 is 12.3. The molecule has 0 aliphatic heterocycles. The van der Waals surface area contributed by atoms with E-state index < -0.39 is 0 Å². The van der Waals surface area contributed by atoms with Gasteiger partial charge in [0.2, 0.25) is 0 Å². The van der Waals surface area contributed by atoms with Crippen molar-refractivity contribution >= 4 is 17.3 Å². The molecule has 2 aromatic rings. The van der Waals surface area contributed by atoms with Crippen molar-refractivity contribution in [1.29, 1.82) is 0 Å². The summed E-state index contributed by atoms with van der Waals surface area (Å²) in [6, 6.07) is 0. The Kier molecular flexibility index (Phi) is 4.53. The Morgan fingerprint density at radius 1 is 1.42 bits per heavy atom. The van der Waals surface area contributed by atoms with Crippen LogP contribution in [0.2, 0.25) is 0 Å². The Hall–Kier alpha value is -1.86. The fourth-order valence-corrected chi connectivity index (χ4v) is 1.78. The molecular formula is C12H19N5O2. The summed E-state index contributed by atoms with van der Waals surface area (Å²) in [6.45, 7) is 1.13. The average molecular weight is 265 g/mol. The fraction of sp³-hybridized carbons (Fsp3) is 0.500. The van der Waals surface area contributed by atoms with Crippen LogP contribution in [0.3, 0.4) is 0 Å². The number of ether oxygens (including phenoxy) is 2. The van der Waals surface area contributed by atoms with Crippen LogP contribution in [-0.4, -0.2) is 54.9 Å². The SMILES string of the molecule is CNc1cn2ccnc2c(NCC(COC)OC)n1. The van der Waals surface area contributed by atoms with Gasteiger partial charge in [-0.15, -0.1) is 0 Å². The van der Waals surface area contributed by atoms with Gasteiger partial charge in [0.1, 0.15) is 5.82 Å². The third-order valence-electron chi connectivity index (χ3n) is 2.81. The molecule has 0 aliphatic rings. The number of nitrogens with zero attached hydrogens (tertiary/aromatic N) is 3. The number of methoxy groups -OCH3 is 2. The highest BCUT2D eigenvalue weighted by molar-refractivity contribution is 5.65. The molecule has 2 heterocycles. The smallest absolute Gasteiger partial charge is 0.180 e. The Balaban J connectivity index is 2.16. The molecule has 0 saturated carbocycles. The van der Waals surface area contributed by atoms with Crippen LogP contribution in [0.5, 0.6) is 0 Å². The second-order valence-electron chi connectivity index (χ2n) is 4.08. The molecule has 2 N–H and O–H groups in total. The van der Waals surface area contributed by atoms with Gasteiger partial charge < -0.3 is 24.5 Å². The van der Waals surface area contributed by atoms with Crippen molar-refractivity contribution in [3.05, 3.63) is 18.6 Å². The highest BCUT2D eigenvalue weighted by atomic mass is 16.5. The second kappa shape index (κ2) is 6.35. The number of hydrogen-bond donors (Lipinski definition) is 2. The van der Waals surface area contributed by atoms with Crippen molar-refractivity contribution in [2.45, 2.75) is 6.10 Å². The highest BCUT2D eigenvalue weighted by Crippen LogP contribution is 2.16. The van der Waals surface area contributed by atoms with Crippen molar-refractivity contribution in [3.63, 3.8) is 0 Å². The van der Waals surface area contributed by atoms with E-state index in [-0.39, 0.29) is 6.10 Å². The van der Waals surface area contributed by atoms with E-state index in [4.69, 9.17) is 9.47 Å². The summed E-state index contributed by atoms with van der Waals surface area (Å²) in [4.78, 5) is 8.74. The molecular weight excluding hydrogens is 246 g/mol. The van der Waals surface area contributed by atoms with E-state index in [1.807, 2.05) is 23.8 Å². The summed E-state index contributed by atoms with van der Waals surface area (Å²) in [7, 11) is 5.14. The number of rotatable bonds is 7. The maximum absolute atomic E-state index is 5.30. The van der Waals surface area contributed by atoms with E-state index in [9.17, 15) is 0 Å². The summed E-state index contributed by atoms with van der Waals surface area (Å²) in [5, 5.41) is 6.27. The highest BCUT2D eigenvalue weighted by Gasteiger charge is 2.10. The molecule has 2 rings (SSSR count). The molecule has 0 saturated heterocycles. The van der Waals surface area contributed by atoms with E-state index in [2.05, 4.69) is 20.6 Å². The number of nitrogens with one attached hydrogen (secondary N) is 2. The topological polar surface area (TPSA) is 72.7 Å². The quantitative estimate of drug-likeness (QED) is 0.773. The molecule has 0 aromatic carbocycles. The molecule has 104 valence electrons. The van der Waals surface area contributed by atoms with E-state index in [1.54, 1.807) is 20.4 Å². The van der Waals surface area contributed by atoms with Gasteiger partial charge in [0.05, 0.1) is 18.9 Å². The first-order valence-electron chi connectivity index (χ1n) is 6.05. The van der Waals surface area contributed by atoms with Crippen LogP contribution < -0.4 is 10.6 Å². The Labute approximate surface area is 112 Å². The van der Waals surface area contributed by atoms with E-state index in [0.717, 1.165) is 17.3 Å². The van der Waals surface area contributed by atoms with Crippen LogP contribution in [0.25, 0.3) is 5.65 Å². The molecule has 0 aliphatic carbocycles. The average Bonchev–Trinajstić information content (AvgIpc) is 2.91. The number of hydrogen-bond acceptors (Lipinski definition) is 6. The zero-order valence-electron chi connectivity index (χ0n) is 11.4. The van der Waals surface area contributed by atoms with Crippen LogP contribution >= 0.6 is 0 Å². The van der Waals surface area contributed by atoms with Crippen LogP contribution in [0.1, 0.15) is 0 Å². The summed E-state index contributed by atoms with van der Waals surface area (Å²) >= 11 is 0. The predicted octanol–water partition coefficient (Wildman–Crippen LogP) is 0.844. The van der Waals surface area contributed by atoms with Crippen molar-refractivity contribution in [1.82, 2.24) is 14.4 Å². The molecule has 7 heteroatoms. The summed E-state index contributed by atoms with van der Waals surface area (Å²) in [5.41, 5.74) is 0.784. The molecule has 0 bridgehead atoms. The van der Waals surface area contributed by atoms with Gasteiger partial charge in [0.25, 0.3) is 0 Å². The van der Waals surface area contributed by atoms with E-state index in [0.29, 0.717) is 13.2 Å². The minimum Gasteiger partial charge on any atom is -0.382 e. The first-order chi connectivity index (χ1) is 9.28. The summed E-state index contributed by atoms with van der Waals surface area (Å²) in [6.07, 6.45) is 5.48. The Morgan fingerprint density at radius 3 is 2.95 bits per heavy atom. The zero-order chi connectivity index (χ0) is 13.7. The molecule has 0 radical (unpaired) electrons. The Bertz CT molecular complexity index is 528. The molecule has 0 amide bonds. The van der Waals surface area contributed by atoms with Gasteiger partial charge in [-0.1, -0.05) is 0 Å². The second-order valence-corrected chi connectivity index (χ2v) is 4.08. The Morgan fingerprint density at radius 2 is 2.26 bits per heavy atom. The lowest BCUT2D eigenvalue weighted by molar-refractivity contribution is 0.0365. The monoisotopic (exact) mass is 265 g/mol. The maximum atomic E-state index is 5.30. The minimum absolute atomic E-state index is 0.0277. The van der Waals surface area contributed by atoms with E-state index in [1.165, 1.54) is 0 Å².